The molecule has 1 rings (SSSR count). The van der Waals surface area contributed by atoms with Crippen molar-refractivity contribution in [2.45, 2.75) is 38.9 Å². The molecule has 0 aromatic rings. The first-order valence-electron chi connectivity index (χ1n) is 5.88. The zero-order valence-corrected chi connectivity index (χ0v) is 10.7. The Morgan fingerprint density at radius 1 is 1.06 bits per heavy atom. The van der Waals surface area contributed by atoms with Crippen LogP contribution in [0.5, 0.6) is 0 Å². The molecule has 7 heteroatoms. The van der Waals surface area contributed by atoms with E-state index in [0.29, 0.717) is 0 Å². The van der Waals surface area contributed by atoms with Crippen molar-refractivity contribution in [3.8, 4) is 0 Å². The van der Waals surface area contributed by atoms with Gasteiger partial charge in [0.05, 0.1) is 6.61 Å². The second-order valence-electron chi connectivity index (χ2n) is 4.70. The van der Waals surface area contributed by atoms with Crippen LogP contribution in [0.1, 0.15) is 20.8 Å². The Morgan fingerprint density at radius 2 is 1.67 bits per heavy atom. The van der Waals surface area contributed by atoms with Crippen LogP contribution >= 0.6 is 0 Å². The van der Waals surface area contributed by atoms with E-state index in [1.165, 1.54) is 6.92 Å². The summed E-state index contributed by atoms with van der Waals surface area (Å²) in [6, 6.07) is -2.50. The topological polar surface area (TPSA) is 108 Å². The Bertz CT molecular complexity index is 356. The Kier molecular flexibility index (Phi) is 4.66. The highest BCUT2D eigenvalue weighted by atomic mass is 16.3. The van der Waals surface area contributed by atoms with E-state index in [9.17, 15) is 14.4 Å². The van der Waals surface area contributed by atoms with Gasteiger partial charge in [0.15, 0.2) is 0 Å². The van der Waals surface area contributed by atoms with Crippen molar-refractivity contribution < 1.29 is 19.5 Å². The minimum Gasteiger partial charge on any atom is -0.394 e. The number of rotatable bonds is 2. The fourth-order valence-electron chi connectivity index (χ4n) is 1.65. The van der Waals surface area contributed by atoms with E-state index in [4.69, 9.17) is 5.11 Å². The highest BCUT2D eigenvalue weighted by Gasteiger charge is 2.32. The Balaban J connectivity index is 2.99. The van der Waals surface area contributed by atoms with Crippen LogP contribution in [0.15, 0.2) is 0 Å². The maximum atomic E-state index is 11.9. The van der Waals surface area contributed by atoms with Gasteiger partial charge in [0, 0.05) is 0 Å². The number of hydrogen-bond acceptors (Lipinski definition) is 4. The van der Waals surface area contributed by atoms with E-state index in [1.54, 1.807) is 13.8 Å². The quantitative estimate of drug-likeness (QED) is 0.464. The predicted octanol–water partition coefficient (Wildman–Crippen LogP) is -1.88. The SMILES string of the molecule is CC(C)[C@@H]1NC(=O)[C@H](C)NC(=O)[C@H](CO)NC1=O. The van der Waals surface area contributed by atoms with Crippen LogP contribution in [0.25, 0.3) is 0 Å². The summed E-state index contributed by atoms with van der Waals surface area (Å²) in [6.07, 6.45) is 0. The van der Waals surface area contributed by atoms with Gasteiger partial charge < -0.3 is 21.1 Å². The molecule has 0 saturated carbocycles. The molecule has 102 valence electrons. The fourth-order valence-corrected chi connectivity index (χ4v) is 1.65. The molecule has 0 aliphatic carbocycles. The molecule has 4 N–H and O–H groups in total. The lowest BCUT2D eigenvalue weighted by Gasteiger charge is -2.22. The highest BCUT2D eigenvalue weighted by molar-refractivity contribution is 5.97. The largest absolute Gasteiger partial charge is 0.394 e. The van der Waals surface area contributed by atoms with Crippen LogP contribution in [0.2, 0.25) is 0 Å². The molecule has 3 atom stereocenters. The average Bonchev–Trinajstić information content (AvgIpc) is 2.33. The number of hydrogen-bond donors (Lipinski definition) is 4. The molecule has 0 bridgehead atoms. The van der Waals surface area contributed by atoms with Gasteiger partial charge in [-0.1, -0.05) is 13.8 Å². The molecular weight excluding hydrogens is 238 g/mol. The van der Waals surface area contributed by atoms with Crippen LogP contribution in [0.3, 0.4) is 0 Å². The van der Waals surface area contributed by atoms with Crippen molar-refractivity contribution in [1.29, 1.82) is 0 Å². The second kappa shape index (κ2) is 5.81. The van der Waals surface area contributed by atoms with Crippen LogP contribution < -0.4 is 16.0 Å². The first-order chi connectivity index (χ1) is 8.36. The molecule has 1 aliphatic heterocycles. The number of aliphatic hydroxyl groups is 1. The smallest absolute Gasteiger partial charge is 0.245 e. The van der Waals surface area contributed by atoms with Gasteiger partial charge >= 0.3 is 0 Å². The summed E-state index contributed by atoms with van der Waals surface area (Å²) >= 11 is 0. The molecule has 3 amide bonds. The Morgan fingerprint density at radius 3 is 2.17 bits per heavy atom. The highest BCUT2D eigenvalue weighted by Crippen LogP contribution is 2.05. The summed E-state index contributed by atoms with van der Waals surface area (Å²) in [4.78, 5) is 35.3. The monoisotopic (exact) mass is 257 g/mol. The molecule has 1 fully saturated rings. The third-order valence-corrected chi connectivity index (χ3v) is 2.81. The zero-order chi connectivity index (χ0) is 13.9. The van der Waals surface area contributed by atoms with E-state index in [1.807, 2.05) is 0 Å². The van der Waals surface area contributed by atoms with Gasteiger partial charge in [-0.05, 0) is 12.8 Å². The molecule has 7 nitrogen and oxygen atoms in total. The van der Waals surface area contributed by atoms with Crippen molar-refractivity contribution in [3.05, 3.63) is 0 Å². The Hall–Kier alpha value is -1.63. The fraction of sp³-hybridized carbons (Fsp3) is 0.727. The zero-order valence-electron chi connectivity index (χ0n) is 10.7. The molecule has 1 saturated heterocycles. The standard InChI is InChI=1S/C11H19N3O4/c1-5(2)8-11(18)13-7(4-15)10(17)12-6(3)9(16)14-8/h5-8,15H,4H2,1-3H3,(H,12,17)(H,13,18)(H,14,16)/t6-,7-,8-/m0/s1. The van der Waals surface area contributed by atoms with Crippen LogP contribution in [0.4, 0.5) is 0 Å². The lowest BCUT2D eigenvalue weighted by atomic mass is 10.0. The van der Waals surface area contributed by atoms with Gasteiger partial charge in [-0.2, -0.15) is 0 Å². The van der Waals surface area contributed by atoms with Crippen LogP contribution in [-0.4, -0.2) is 47.6 Å². The second-order valence-corrected chi connectivity index (χ2v) is 4.70. The molecule has 0 radical (unpaired) electrons. The van der Waals surface area contributed by atoms with E-state index in [2.05, 4.69) is 16.0 Å². The lowest BCUT2D eigenvalue weighted by molar-refractivity contribution is -0.131. The van der Waals surface area contributed by atoms with Gasteiger partial charge in [0.1, 0.15) is 18.1 Å². The molecule has 0 spiro atoms. The maximum absolute atomic E-state index is 11.9. The number of carbonyl (C=O) groups excluding carboxylic acids is 3. The molecule has 0 aromatic heterocycles. The van der Waals surface area contributed by atoms with Crippen LogP contribution in [0, 0.1) is 5.92 Å². The molecule has 1 aliphatic rings. The van der Waals surface area contributed by atoms with E-state index in [-0.39, 0.29) is 5.92 Å². The predicted molar refractivity (Wildman–Crippen MR) is 63.4 cm³/mol. The van der Waals surface area contributed by atoms with Gasteiger partial charge in [0.2, 0.25) is 17.7 Å². The summed E-state index contributed by atoms with van der Waals surface area (Å²) in [5, 5.41) is 16.5. The van der Waals surface area contributed by atoms with E-state index >= 15 is 0 Å². The lowest BCUT2D eigenvalue weighted by Crippen LogP contribution is -2.53. The van der Waals surface area contributed by atoms with Gasteiger partial charge in [-0.25, -0.2) is 0 Å². The van der Waals surface area contributed by atoms with Crippen molar-refractivity contribution in [1.82, 2.24) is 16.0 Å². The van der Waals surface area contributed by atoms with Crippen molar-refractivity contribution in [3.63, 3.8) is 0 Å². The Labute approximate surface area is 105 Å². The average molecular weight is 257 g/mol. The summed E-state index contributed by atoms with van der Waals surface area (Å²) < 4.78 is 0. The summed E-state index contributed by atoms with van der Waals surface area (Å²) in [5.41, 5.74) is 0. The summed E-state index contributed by atoms with van der Waals surface area (Å²) in [6.45, 7) is 4.59. The number of amides is 3. The van der Waals surface area contributed by atoms with E-state index < -0.39 is 42.5 Å². The minimum absolute atomic E-state index is 0.117. The third kappa shape index (κ3) is 3.19. The number of carbonyl (C=O) groups is 3. The van der Waals surface area contributed by atoms with Gasteiger partial charge in [-0.15, -0.1) is 0 Å². The van der Waals surface area contributed by atoms with Crippen molar-refractivity contribution in [2.24, 2.45) is 5.92 Å². The molecule has 0 unspecified atom stereocenters. The van der Waals surface area contributed by atoms with Crippen LogP contribution in [-0.2, 0) is 14.4 Å². The third-order valence-electron chi connectivity index (χ3n) is 2.81. The first-order valence-corrected chi connectivity index (χ1v) is 5.88. The number of aliphatic hydroxyl groups excluding tert-OH is 1. The van der Waals surface area contributed by atoms with Crippen molar-refractivity contribution in [2.75, 3.05) is 6.61 Å². The minimum atomic E-state index is -1.03. The molecule has 18 heavy (non-hydrogen) atoms. The molecular formula is C11H19N3O4. The molecule has 1 heterocycles. The van der Waals surface area contributed by atoms with E-state index in [0.717, 1.165) is 0 Å². The maximum Gasteiger partial charge on any atom is 0.245 e. The normalized spacial score (nSPS) is 29.8. The summed E-state index contributed by atoms with van der Waals surface area (Å²) in [7, 11) is 0. The summed E-state index contributed by atoms with van der Waals surface area (Å²) in [5.74, 6) is -1.58. The van der Waals surface area contributed by atoms with Gasteiger partial charge in [0.25, 0.3) is 0 Å². The first kappa shape index (κ1) is 14.4. The number of nitrogens with one attached hydrogen (secondary N) is 3. The van der Waals surface area contributed by atoms with Gasteiger partial charge in [-0.3, -0.25) is 14.4 Å². The van der Waals surface area contributed by atoms with Crippen molar-refractivity contribution >= 4 is 17.7 Å². The molecule has 0 aromatic carbocycles.